The van der Waals surface area contributed by atoms with Gasteiger partial charge in [-0.15, -0.1) is 0 Å². The zero-order valence-electron chi connectivity index (χ0n) is 6.34. The van der Waals surface area contributed by atoms with Crippen LogP contribution < -0.4 is 5.73 Å². The van der Waals surface area contributed by atoms with Crippen LogP contribution in [0.5, 0.6) is 0 Å². The third-order valence-corrected chi connectivity index (χ3v) is 1.89. The highest BCUT2D eigenvalue weighted by atomic mass is 16.4. The molecule has 1 aliphatic carbocycles. The zero-order valence-corrected chi connectivity index (χ0v) is 6.34. The fraction of sp³-hybridized carbons (Fsp3) is 0.571. The molecule has 68 valence electrons. The number of carbonyl (C=O) groups is 1. The van der Waals surface area contributed by atoms with Crippen molar-refractivity contribution >= 4 is 5.97 Å². The van der Waals surface area contributed by atoms with Crippen LogP contribution in [0, 0.1) is 0 Å². The predicted octanol–water partition coefficient (Wildman–Crippen LogP) is -1.55. The van der Waals surface area contributed by atoms with E-state index in [0.29, 0.717) is 0 Å². The van der Waals surface area contributed by atoms with E-state index in [0.717, 1.165) is 0 Å². The van der Waals surface area contributed by atoms with Crippen LogP contribution in [-0.4, -0.2) is 39.5 Å². The van der Waals surface area contributed by atoms with Crippen LogP contribution in [0.1, 0.15) is 6.42 Å². The normalized spacial score (nSPS) is 35.9. The largest absolute Gasteiger partial charge is 0.478 e. The first kappa shape index (κ1) is 9.18. The number of aliphatic hydroxyl groups is 2. The lowest BCUT2D eigenvalue weighted by atomic mass is 9.91. The minimum absolute atomic E-state index is 0.0514. The Morgan fingerprint density at radius 2 is 2.17 bits per heavy atom. The molecule has 0 aromatic carbocycles. The first-order chi connectivity index (χ1) is 5.52. The molecule has 5 heteroatoms. The van der Waals surface area contributed by atoms with Gasteiger partial charge >= 0.3 is 5.97 Å². The molecule has 0 spiro atoms. The van der Waals surface area contributed by atoms with Gasteiger partial charge in [-0.3, -0.25) is 0 Å². The summed E-state index contributed by atoms with van der Waals surface area (Å²) in [5, 5.41) is 26.8. The first-order valence-corrected chi connectivity index (χ1v) is 3.58. The van der Waals surface area contributed by atoms with E-state index in [1.165, 1.54) is 6.08 Å². The summed E-state index contributed by atoms with van der Waals surface area (Å²) < 4.78 is 0. The molecule has 0 amide bonds. The van der Waals surface area contributed by atoms with E-state index in [-0.39, 0.29) is 12.0 Å². The van der Waals surface area contributed by atoms with Gasteiger partial charge in [0.25, 0.3) is 0 Å². The van der Waals surface area contributed by atoms with Crippen molar-refractivity contribution in [1.29, 1.82) is 0 Å². The molecule has 0 aromatic heterocycles. The zero-order chi connectivity index (χ0) is 9.30. The van der Waals surface area contributed by atoms with Gasteiger partial charge < -0.3 is 21.1 Å². The minimum atomic E-state index is -1.10. The van der Waals surface area contributed by atoms with Crippen molar-refractivity contribution < 1.29 is 20.1 Å². The molecule has 5 nitrogen and oxygen atoms in total. The van der Waals surface area contributed by atoms with Crippen LogP contribution in [0.25, 0.3) is 0 Å². The van der Waals surface area contributed by atoms with Gasteiger partial charge in [0, 0.05) is 12.0 Å². The van der Waals surface area contributed by atoms with E-state index in [1.54, 1.807) is 0 Å². The van der Waals surface area contributed by atoms with Crippen molar-refractivity contribution in [3.63, 3.8) is 0 Å². The molecule has 3 unspecified atom stereocenters. The van der Waals surface area contributed by atoms with Gasteiger partial charge in [0.2, 0.25) is 0 Å². The smallest absolute Gasteiger partial charge is 0.331 e. The molecule has 0 aromatic rings. The van der Waals surface area contributed by atoms with E-state index in [9.17, 15) is 4.79 Å². The van der Waals surface area contributed by atoms with Gasteiger partial charge in [-0.25, -0.2) is 4.79 Å². The average Bonchev–Trinajstić information content (AvgIpc) is 1.99. The minimum Gasteiger partial charge on any atom is -0.478 e. The molecule has 0 fully saturated rings. The molecular weight excluding hydrogens is 162 g/mol. The number of aliphatic hydroxyl groups excluding tert-OH is 2. The molecular formula is C7H11NO4. The van der Waals surface area contributed by atoms with E-state index in [2.05, 4.69) is 0 Å². The molecule has 5 N–H and O–H groups in total. The Hall–Kier alpha value is -0.910. The Morgan fingerprint density at radius 1 is 1.58 bits per heavy atom. The second kappa shape index (κ2) is 3.22. The molecule has 0 heterocycles. The number of nitrogens with two attached hydrogens (primary N) is 1. The third-order valence-electron chi connectivity index (χ3n) is 1.89. The molecule has 0 radical (unpaired) electrons. The van der Waals surface area contributed by atoms with Gasteiger partial charge in [0.05, 0.1) is 18.2 Å². The summed E-state index contributed by atoms with van der Waals surface area (Å²) in [5.41, 5.74) is 5.40. The summed E-state index contributed by atoms with van der Waals surface area (Å²) in [4.78, 5) is 10.4. The molecule has 0 saturated carbocycles. The van der Waals surface area contributed by atoms with Crippen molar-refractivity contribution in [1.82, 2.24) is 0 Å². The van der Waals surface area contributed by atoms with Gasteiger partial charge in [-0.1, -0.05) is 6.08 Å². The summed E-state index contributed by atoms with van der Waals surface area (Å²) in [6, 6.07) is -0.792. The second-order valence-electron chi connectivity index (χ2n) is 2.84. The molecule has 12 heavy (non-hydrogen) atoms. The van der Waals surface area contributed by atoms with Gasteiger partial charge in [-0.05, 0) is 0 Å². The molecule has 1 aliphatic rings. The van der Waals surface area contributed by atoms with Crippen molar-refractivity contribution in [3.05, 3.63) is 11.6 Å². The van der Waals surface area contributed by atoms with Crippen molar-refractivity contribution in [2.24, 2.45) is 5.73 Å². The summed E-state index contributed by atoms with van der Waals surface area (Å²) in [5.74, 6) is -1.10. The van der Waals surface area contributed by atoms with E-state index < -0.39 is 24.2 Å². The number of carboxylic acid groups (broad SMARTS) is 1. The Bertz CT molecular complexity index is 225. The summed E-state index contributed by atoms with van der Waals surface area (Å²) in [6.45, 7) is 0. The molecule has 0 bridgehead atoms. The van der Waals surface area contributed by atoms with Gasteiger partial charge in [0.15, 0.2) is 0 Å². The average molecular weight is 173 g/mol. The van der Waals surface area contributed by atoms with Crippen LogP contribution in [0.2, 0.25) is 0 Å². The number of carboxylic acids is 1. The number of aliphatic carboxylic acids is 1. The van der Waals surface area contributed by atoms with Crippen LogP contribution in [0.15, 0.2) is 11.6 Å². The molecule has 0 saturated heterocycles. The summed E-state index contributed by atoms with van der Waals surface area (Å²) >= 11 is 0. The van der Waals surface area contributed by atoms with E-state index >= 15 is 0 Å². The van der Waals surface area contributed by atoms with Crippen molar-refractivity contribution in [3.8, 4) is 0 Å². The maximum absolute atomic E-state index is 10.4. The highest BCUT2D eigenvalue weighted by Crippen LogP contribution is 2.18. The Labute approximate surface area is 69.1 Å². The van der Waals surface area contributed by atoms with Crippen molar-refractivity contribution in [2.75, 3.05) is 0 Å². The Morgan fingerprint density at radius 3 is 2.58 bits per heavy atom. The second-order valence-corrected chi connectivity index (χ2v) is 2.84. The fourth-order valence-electron chi connectivity index (χ4n) is 1.16. The molecule has 3 atom stereocenters. The Kier molecular flexibility index (Phi) is 2.46. The summed E-state index contributed by atoms with van der Waals surface area (Å²) in [6.07, 6.45) is -0.923. The lowest BCUT2D eigenvalue weighted by Crippen LogP contribution is -2.45. The first-order valence-electron chi connectivity index (χ1n) is 3.58. The summed E-state index contributed by atoms with van der Waals surface area (Å²) in [7, 11) is 0. The van der Waals surface area contributed by atoms with Crippen LogP contribution in [0.3, 0.4) is 0 Å². The van der Waals surface area contributed by atoms with Crippen LogP contribution >= 0.6 is 0 Å². The fourth-order valence-corrected chi connectivity index (χ4v) is 1.16. The maximum Gasteiger partial charge on any atom is 0.331 e. The SMILES string of the molecule is NC1C=C(C(=O)O)CC(O)C1O. The van der Waals surface area contributed by atoms with Gasteiger partial charge in [-0.2, -0.15) is 0 Å². The Balaban J connectivity index is 2.81. The lowest BCUT2D eigenvalue weighted by molar-refractivity contribution is -0.133. The van der Waals surface area contributed by atoms with Crippen molar-refractivity contribution in [2.45, 2.75) is 24.7 Å². The van der Waals surface area contributed by atoms with Crippen LogP contribution in [0.4, 0.5) is 0 Å². The standard InChI is InChI=1S/C7H11NO4/c8-4-1-3(7(11)12)2-5(9)6(4)10/h1,4-6,9-10H,2,8H2,(H,11,12). The van der Waals surface area contributed by atoms with Gasteiger partial charge in [0.1, 0.15) is 0 Å². The number of rotatable bonds is 1. The highest BCUT2D eigenvalue weighted by Gasteiger charge is 2.30. The topological polar surface area (TPSA) is 104 Å². The quantitative estimate of drug-likeness (QED) is 0.384. The van der Waals surface area contributed by atoms with E-state index in [4.69, 9.17) is 21.1 Å². The lowest BCUT2D eigenvalue weighted by Gasteiger charge is -2.26. The van der Waals surface area contributed by atoms with Crippen LogP contribution in [-0.2, 0) is 4.79 Å². The monoisotopic (exact) mass is 173 g/mol. The maximum atomic E-state index is 10.4. The van der Waals surface area contributed by atoms with E-state index in [1.807, 2.05) is 0 Å². The molecule has 1 rings (SSSR count). The third kappa shape index (κ3) is 1.63. The number of hydrogen-bond donors (Lipinski definition) is 4. The highest BCUT2D eigenvalue weighted by molar-refractivity contribution is 5.87. The molecule has 0 aliphatic heterocycles. The predicted molar refractivity (Wildman–Crippen MR) is 40.3 cm³/mol. The number of hydrogen-bond acceptors (Lipinski definition) is 4.